The van der Waals surface area contributed by atoms with Crippen LogP contribution in [-0.2, 0) is 62.9 Å². The summed E-state index contributed by atoms with van der Waals surface area (Å²) in [6.45, 7) is 85.6. The number of halogens is 2. The summed E-state index contributed by atoms with van der Waals surface area (Å²) in [6, 6.07) is 70.5. The molecule has 14 rings (SSSR count). The van der Waals surface area contributed by atoms with Crippen molar-refractivity contribution in [3.63, 3.8) is 0 Å². The summed E-state index contributed by atoms with van der Waals surface area (Å²) >= 11 is 0. The first-order chi connectivity index (χ1) is 62.8. The van der Waals surface area contributed by atoms with E-state index in [1.165, 1.54) is 44.5 Å². The molecule has 0 aliphatic heterocycles. The average Bonchev–Trinajstić information content (AvgIpc) is 1.59. The van der Waals surface area contributed by atoms with Crippen molar-refractivity contribution in [2.45, 2.75) is 349 Å². The van der Waals surface area contributed by atoms with E-state index in [9.17, 15) is 10.2 Å². The second-order valence-electron chi connectivity index (χ2n) is 52.7. The van der Waals surface area contributed by atoms with E-state index < -0.39 is 34.7 Å². The van der Waals surface area contributed by atoms with E-state index in [1.54, 1.807) is 24.3 Å². The summed E-state index contributed by atoms with van der Waals surface area (Å²) in [5.41, 5.74) is 26.2. The molecule has 0 saturated heterocycles. The van der Waals surface area contributed by atoms with Crippen molar-refractivity contribution in [3.05, 3.63) is 287 Å². The first-order valence-corrected chi connectivity index (χ1v) is 50.0. The van der Waals surface area contributed by atoms with Gasteiger partial charge in [0, 0.05) is 57.6 Å². The van der Waals surface area contributed by atoms with Gasteiger partial charge in [-0.05, 0) is 285 Å². The third-order valence-corrected chi connectivity index (χ3v) is 28.9. The Morgan fingerprint density at radius 1 is 0.270 bits per heavy atom. The van der Waals surface area contributed by atoms with Crippen LogP contribution in [0.4, 0.5) is 8.78 Å². The SMILES string of the molecule is [CH2-][O+](c1c(C)cc(F)cc1-c1cc(C(C)(C)CC(C)(C)C)cc(-n2c3ccc(-c4cc(C(C)(C)C)cc(C(C)(C)C)c4)cc3c3ccc(-c4cc(C(C)(C)C)cc(C(C)(C)C)c4)cc32)c1O)C(C)CC(C)[O+]([CH2-])c1c(C)cc(F)cc1-c1cc(C(C)(C)CC(C)(C)C)cc(-n2c3cc(-c4cc(C(C)(C)C)cc(C(C)(C)C)c4)ccc3c3ccc(-c4cc(C(C)(C)C)cc(C(C)(C)C)c4)cc32)c1O. The molecule has 2 unspecified atom stereocenters. The van der Waals surface area contributed by atoms with Crippen LogP contribution in [0, 0.1) is 50.5 Å². The summed E-state index contributed by atoms with van der Waals surface area (Å²) < 4.78 is 45.7. The summed E-state index contributed by atoms with van der Waals surface area (Å²) in [4.78, 5) is 0. The van der Waals surface area contributed by atoms with Gasteiger partial charge in [-0.25, -0.2) is 8.78 Å². The number of nitrogens with zero attached hydrogens (tertiary/aromatic N) is 2. The second-order valence-corrected chi connectivity index (χ2v) is 52.7. The number of aromatic hydroxyl groups is 2. The molecule has 0 amide bonds. The lowest BCUT2D eigenvalue weighted by molar-refractivity contribution is -0.0945. The van der Waals surface area contributed by atoms with Gasteiger partial charge in [-0.15, -0.1) is 0 Å². The van der Waals surface area contributed by atoms with Crippen molar-refractivity contribution in [2.24, 2.45) is 10.8 Å². The van der Waals surface area contributed by atoms with Crippen molar-refractivity contribution in [1.29, 1.82) is 0 Å². The molecule has 2 atom stereocenters. The number of fused-ring (bicyclic) bond motifs is 6. The number of rotatable bonds is 18. The van der Waals surface area contributed by atoms with Crippen LogP contribution in [0.1, 0.15) is 335 Å². The van der Waals surface area contributed by atoms with Crippen molar-refractivity contribution in [2.75, 3.05) is 0 Å². The number of aromatic nitrogens is 2. The van der Waals surface area contributed by atoms with Gasteiger partial charge in [0.1, 0.15) is 29.6 Å². The maximum absolute atomic E-state index is 17.4. The Kier molecular flexibility index (Phi) is 26.3. The minimum atomic E-state index is -0.498. The first kappa shape index (κ1) is 102. The van der Waals surface area contributed by atoms with Crippen LogP contribution in [0.5, 0.6) is 23.0 Å². The standard InChI is InChI=1S/C129H160F2N2O4/c1-76-49-98(130)72-106(104-68-96(128(35,36)74-118(5,6)7)70-112(114(104)134)132-108-48-44-80(84-52-88(120(11,12)13)64-89(53-84)121(14,15)16)60-103(108)102-47-43-83(63-111(102)132)87-58-94(126(29,30)31)67-95(59-87)127(32,33)34)116(76)136(39)78(3)51-79(4)137(40)117-77(2)50-99(131)73-107(117)105-69-97(129(37,38)75-119(8,9)10)71-113(115(105)135)133-109-61-81(85-54-90(122(17,18)19)65-91(55-85)123(20,21)22)41-45-100(109)101-46-42-82(62-110(101)133)86-56-92(124(23,24)25)66-93(57-86)125(26,27)28/h41-50,52-73,78-79,134-135H,39-40,51,74-75H2,1-38H3. The number of phenols is 2. The molecule has 14 aromatic rings. The number of phenolic OH excluding ortho intramolecular Hbond substituents is 2. The van der Waals surface area contributed by atoms with Gasteiger partial charge >= 0.3 is 0 Å². The normalized spacial score (nSPS) is 13.9. The zero-order valence-corrected chi connectivity index (χ0v) is 90.5. The Labute approximate surface area is 822 Å². The average molecular weight is 1840 g/mol. The molecule has 0 bridgehead atoms. The van der Waals surface area contributed by atoms with E-state index in [-0.39, 0.29) is 65.6 Å². The highest BCUT2D eigenvalue weighted by atomic mass is 19.1. The Bertz CT molecular complexity index is 6660. The molecule has 12 aromatic carbocycles. The maximum atomic E-state index is 17.4. The number of hydrogen-bond acceptors (Lipinski definition) is 2. The van der Waals surface area contributed by atoms with Gasteiger partial charge < -0.3 is 28.1 Å². The van der Waals surface area contributed by atoms with Crippen LogP contribution in [0.15, 0.2) is 194 Å². The number of aryl methyl sites for hydroxylation is 2. The van der Waals surface area contributed by atoms with E-state index in [1.807, 2.05) is 13.8 Å². The molecule has 8 heteroatoms. The lowest BCUT2D eigenvalue weighted by atomic mass is 9.71. The monoisotopic (exact) mass is 1840 g/mol. The zero-order valence-electron chi connectivity index (χ0n) is 90.5. The van der Waals surface area contributed by atoms with Gasteiger partial charge in [0.15, 0.2) is 12.2 Å². The largest absolute Gasteiger partial charge is 0.709 e. The molecular weight excluding hydrogens is 1680 g/mol. The third-order valence-electron chi connectivity index (χ3n) is 28.9. The molecule has 0 aliphatic carbocycles. The predicted octanol–water partition coefficient (Wildman–Crippen LogP) is 38.0. The highest BCUT2D eigenvalue weighted by Gasteiger charge is 2.39. The third kappa shape index (κ3) is 21.0. The summed E-state index contributed by atoms with van der Waals surface area (Å²) in [5.74, 6) is 0.208. The van der Waals surface area contributed by atoms with Gasteiger partial charge in [-0.2, -0.15) is 0 Å². The van der Waals surface area contributed by atoms with Crippen molar-refractivity contribution in [1.82, 2.24) is 9.13 Å². The van der Waals surface area contributed by atoms with Crippen LogP contribution in [0.25, 0.3) is 122 Å². The summed E-state index contributed by atoms with van der Waals surface area (Å²) in [5, 5.41) is 32.5. The Hall–Kier alpha value is -10.7. The molecule has 2 heterocycles. The molecule has 137 heavy (non-hydrogen) atoms. The summed E-state index contributed by atoms with van der Waals surface area (Å²) in [6.07, 6.45) is 1.01. The fourth-order valence-electron chi connectivity index (χ4n) is 21.2. The molecule has 0 fully saturated rings. The molecule has 0 radical (unpaired) electrons. The van der Waals surface area contributed by atoms with Crippen LogP contribution < -0.4 is 0 Å². The van der Waals surface area contributed by atoms with Gasteiger partial charge in [0.05, 0.1) is 44.6 Å². The van der Waals surface area contributed by atoms with Crippen molar-refractivity contribution in [3.8, 4) is 101 Å². The van der Waals surface area contributed by atoms with Crippen LogP contribution in [0.2, 0.25) is 0 Å². The van der Waals surface area contributed by atoms with Crippen LogP contribution >= 0.6 is 0 Å². The Balaban J connectivity index is 0.944. The van der Waals surface area contributed by atoms with Crippen LogP contribution in [0.3, 0.4) is 0 Å². The molecule has 0 spiro atoms. The highest BCUT2D eigenvalue weighted by Crippen LogP contribution is 2.56. The Morgan fingerprint density at radius 2 is 0.518 bits per heavy atom. The molecule has 724 valence electrons. The van der Waals surface area contributed by atoms with Crippen LogP contribution in [-0.4, -0.2) is 31.6 Å². The van der Waals surface area contributed by atoms with E-state index in [2.05, 4.69) is 437 Å². The maximum Gasteiger partial charge on any atom is 0.238 e. The molecule has 0 aliphatic rings. The molecule has 2 aromatic heterocycles. The topological polar surface area (TPSA) is 55.7 Å². The highest BCUT2D eigenvalue weighted by molar-refractivity contribution is 6.13. The van der Waals surface area contributed by atoms with E-state index >= 15 is 8.78 Å². The van der Waals surface area contributed by atoms with Crippen molar-refractivity contribution >= 4 is 43.6 Å². The van der Waals surface area contributed by atoms with Gasteiger partial charge in [-0.3, -0.25) is 0 Å². The fourth-order valence-corrected chi connectivity index (χ4v) is 21.2. The zero-order chi connectivity index (χ0) is 101. The second kappa shape index (κ2) is 35.3. The summed E-state index contributed by atoms with van der Waals surface area (Å²) in [7, 11) is 9.75. The van der Waals surface area contributed by atoms with Gasteiger partial charge in [0.25, 0.3) is 0 Å². The van der Waals surface area contributed by atoms with E-state index in [0.29, 0.717) is 62.7 Å². The smallest absolute Gasteiger partial charge is 0.238 e. The lowest BCUT2D eigenvalue weighted by Gasteiger charge is -2.41. The van der Waals surface area contributed by atoms with Gasteiger partial charge in [0.2, 0.25) is 11.5 Å². The number of benzene rings is 12. The molecule has 2 N–H and O–H groups in total. The van der Waals surface area contributed by atoms with E-state index in [0.717, 1.165) is 112 Å². The first-order valence-electron chi connectivity index (χ1n) is 50.0. The van der Waals surface area contributed by atoms with Gasteiger partial charge in [-0.1, -0.05) is 351 Å². The van der Waals surface area contributed by atoms with E-state index in [4.69, 9.17) is 14.2 Å². The minimum absolute atomic E-state index is 0.00998. The number of hydrogen-bond donors (Lipinski definition) is 2. The molecular formula is C129H160F2N2O4. The fraction of sp³-hybridized carbons (Fsp3) is 0.426. The lowest BCUT2D eigenvalue weighted by Crippen LogP contribution is -2.26. The minimum Gasteiger partial charge on any atom is -0.709 e. The predicted molar refractivity (Wildman–Crippen MR) is 586 cm³/mol. The molecule has 0 saturated carbocycles. The quantitative estimate of drug-likeness (QED) is 0.0664. The molecule has 6 nitrogen and oxygen atoms in total. The Morgan fingerprint density at radius 3 is 0.781 bits per heavy atom. The van der Waals surface area contributed by atoms with Crippen molar-refractivity contribution < 1.29 is 27.7 Å².